The zero-order valence-electron chi connectivity index (χ0n) is 9.41. The van der Waals surface area contributed by atoms with Crippen molar-refractivity contribution in [1.82, 2.24) is 19.9 Å². The molecule has 2 rings (SSSR count). The molecule has 0 bridgehead atoms. The highest BCUT2D eigenvalue weighted by Crippen LogP contribution is 2.22. The van der Waals surface area contributed by atoms with Gasteiger partial charge in [-0.3, -0.25) is 0 Å². The number of aromatic nitrogens is 4. The molecule has 0 spiro atoms. The molecule has 0 N–H and O–H groups in total. The van der Waals surface area contributed by atoms with Gasteiger partial charge in [0, 0.05) is 12.4 Å². The first-order valence-corrected chi connectivity index (χ1v) is 6.58. The third-order valence-electron chi connectivity index (χ3n) is 2.20. The van der Waals surface area contributed by atoms with Crippen LogP contribution in [0, 0.1) is 10.5 Å². The molecule has 88 valence electrons. The van der Waals surface area contributed by atoms with Gasteiger partial charge >= 0.3 is 0 Å². The molecule has 2 heterocycles. The smallest absolute Gasteiger partial charge is 0.199 e. The van der Waals surface area contributed by atoms with Crippen LogP contribution in [-0.2, 0) is 6.42 Å². The van der Waals surface area contributed by atoms with Gasteiger partial charge in [0.1, 0.15) is 5.15 Å². The minimum absolute atomic E-state index is 0.455. The number of hydrogen-bond donors (Lipinski definition) is 0. The lowest BCUT2D eigenvalue weighted by molar-refractivity contribution is 0.968. The number of aryl methyl sites for hydroxylation is 2. The Balaban J connectivity index is 2.52. The second kappa shape index (κ2) is 5.22. The van der Waals surface area contributed by atoms with Gasteiger partial charge in [-0.1, -0.05) is 18.5 Å². The summed E-state index contributed by atoms with van der Waals surface area (Å²) >= 11 is 8.21. The molecule has 0 fully saturated rings. The maximum absolute atomic E-state index is 6.06. The van der Waals surface area contributed by atoms with E-state index < -0.39 is 0 Å². The van der Waals surface area contributed by atoms with Crippen molar-refractivity contribution in [3.63, 3.8) is 0 Å². The van der Waals surface area contributed by atoms with E-state index in [4.69, 9.17) is 11.6 Å². The van der Waals surface area contributed by atoms with E-state index in [1.54, 1.807) is 12.4 Å². The lowest BCUT2D eigenvalue weighted by atomic mass is 10.3. The third-order valence-corrected chi connectivity index (χ3v) is 3.92. The maximum atomic E-state index is 6.06. The molecule has 0 unspecified atom stereocenters. The van der Waals surface area contributed by atoms with Crippen LogP contribution in [0.2, 0.25) is 5.15 Å². The lowest BCUT2D eigenvalue weighted by Crippen LogP contribution is -2.02. The Morgan fingerprint density at radius 2 is 1.82 bits per heavy atom. The Labute approximate surface area is 118 Å². The summed E-state index contributed by atoms with van der Waals surface area (Å²) in [5.74, 6) is 0.982. The van der Waals surface area contributed by atoms with Gasteiger partial charge in [0.2, 0.25) is 0 Å². The van der Waals surface area contributed by atoms with Crippen LogP contribution in [0.5, 0.6) is 0 Å². The summed E-state index contributed by atoms with van der Waals surface area (Å²) in [6, 6.07) is 0. The van der Waals surface area contributed by atoms with Crippen LogP contribution < -0.4 is 0 Å². The number of rotatable bonds is 2. The third kappa shape index (κ3) is 2.71. The fraction of sp³-hybridized carbons (Fsp3) is 0.273. The largest absolute Gasteiger partial charge is 0.234 e. The molecule has 0 atom stereocenters. The van der Waals surface area contributed by atoms with Crippen LogP contribution in [0.1, 0.15) is 18.2 Å². The van der Waals surface area contributed by atoms with Crippen LogP contribution in [0.4, 0.5) is 0 Å². The second-order valence-electron chi connectivity index (χ2n) is 3.54. The van der Waals surface area contributed by atoms with E-state index in [-0.39, 0.29) is 0 Å². The standard InChI is InChI=1S/C11H10ClIN4/c1-3-7-8(13)9(12)17-11(16-7)10-14-4-6(2)5-15-10/h4-5H,3H2,1-2H3. The lowest BCUT2D eigenvalue weighted by Gasteiger charge is -2.05. The van der Waals surface area contributed by atoms with E-state index in [0.717, 1.165) is 21.2 Å². The highest BCUT2D eigenvalue weighted by Gasteiger charge is 2.12. The monoisotopic (exact) mass is 360 g/mol. The molecule has 17 heavy (non-hydrogen) atoms. The van der Waals surface area contributed by atoms with Crippen molar-refractivity contribution in [1.29, 1.82) is 0 Å². The van der Waals surface area contributed by atoms with Gasteiger partial charge in [0.05, 0.1) is 9.26 Å². The first-order chi connectivity index (χ1) is 8.11. The Morgan fingerprint density at radius 3 is 2.41 bits per heavy atom. The van der Waals surface area contributed by atoms with Crippen molar-refractivity contribution in [2.24, 2.45) is 0 Å². The van der Waals surface area contributed by atoms with Gasteiger partial charge in [-0.25, -0.2) is 19.9 Å². The summed E-state index contributed by atoms with van der Waals surface area (Å²) in [4.78, 5) is 17.0. The molecule has 4 nitrogen and oxygen atoms in total. The molecule has 0 aromatic carbocycles. The van der Waals surface area contributed by atoms with E-state index in [9.17, 15) is 0 Å². The summed E-state index contributed by atoms with van der Waals surface area (Å²) in [6.45, 7) is 3.96. The first kappa shape index (κ1) is 12.6. The van der Waals surface area contributed by atoms with Crippen molar-refractivity contribution in [3.8, 4) is 11.6 Å². The molecule has 6 heteroatoms. The van der Waals surface area contributed by atoms with Gasteiger partial charge in [-0.05, 0) is 41.5 Å². The highest BCUT2D eigenvalue weighted by atomic mass is 127. The summed E-state index contributed by atoms with van der Waals surface area (Å²) in [5.41, 5.74) is 1.92. The normalized spacial score (nSPS) is 10.6. The first-order valence-electron chi connectivity index (χ1n) is 5.12. The Morgan fingerprint density at radius 1 is 1.18 bits per heavy atom. The van der Waals surface area contributed by atoms with Crippen LogP contribution >= 0.6 is 34.2 Å². The van der Waals surface area contributed by atoms with Crippen LogP contribution in [0.3, 0.4) is 0 Å². The predicted molar refractivity (Wildman–Crippen MR) is 74.9 cm³/mol. The molecule has 0 aliphatic rings. The molecule has 0 amide bonds. The minimum atomic E-state index is 0.455. The Bertz CT molecular complexity index is 542. The van der Waals surface area contributed by atoms with E-state index >= 15 is 0 Å². The van der Waals surface area contributed by atoms with Crippen LogP contribution in [-0.4, -0.2) is 19.9 Å². The second-order valence-corrected chi connectivity index (χ2v) is 4.97. The Kier molecular flexibility index (Phi) is 3.88. The number of hydrogen-bond acceptors (Lipinski definition) is 4. The maximum Gasteiger partial charge on any atom is 0.199 e. The highest BCUT2D eigenvalue weighted by molar-refractivity contribution is 14.1. The van der Waals surface area contributed by atoms with Gasteiger partial charge in [-0.2, -0.15) is 0 Å². The summed E-state index contributed by atoms with van der Waals surface area (Å²) in [5, 5.41) is 0.455. The fourth-order valence-electron chi connectivity index (χ4n) is 1.31. The topological polar surface area (TPSA) is 51.6 Å². The predicted octanol–water partition coefficient (Wildman–Crippen LogP) is 3.06. The van der Waals surface area contributed by atoms with Gasteiger partial charge in [-0.15, -0.1) is 0 Å². The SMILES string of the molecule is CCc1nc(-c2ncc(C)cn2)nc(Cl)c1I. The molecule has 0 aliphatic heterocycles. The van der Waals surface area contributed by atoms with E-state index in [2.05, 4.69) is 42.5 Å². The Hall–Kier alpha value is -0.820. The fourth-order valence-corrected chi connectivity index (χ4v) is 2.12. The van der Waals surface area contributed by atoms with E-state index in [0.29, 0.717) is 16.8 Å². The number of nitrogens with zero attached hydrogens (tertiary/aromatic N) is 4. The van der Waals surface area contributed by atoms with Crippen LogP contribution in [0.25, 0.3) is 11.6 Å². The molecule has 0 saturated heterocycles. The molecule has 2 aromatic heterocycles. The minimum Gasteiger partial charge on any atom is -0.234 e. The van der Waals surface area contributed by atoms with Crippen molar-refractivity contribution in [2.75, 3.05) is 0 Å². The van der Waals surface area contributed by atoms with Crippen molar-refractivity contribution < 1.29 is 0 Å². The zero-order valence-corrected chi connectivity index (χ0v) is 12.3. The quantitative estimate of drug-likeness (QED) is 0.610. The van der Waals surface area contributed by atoms with Gasteiger partial charge in [0.25, 0.3) is 0 Å². The van der Waals surface area contributed by atoms with Crippen molar-refractivity contribution >= 4 is 34.2 Å². The van der Waals surface area contributed by atoms with E-state index in [1.165, 1.54) is 0 Å². The average Bonchev–Trinajstić information content (AvgIpc) is 2.33. The summed E-state index contributed by atoms with van der Waals surface area (Å²) in [6.07, 6.45) is 4.28. The van der Waals surface area contributed by atoms with Gasteiger partial charge in [0.15, 0.2) is 11.6 Å². The molecule has 0 aliphatic carbocycles. The van der Waals surface area contributed by atoms with Crippen molar-refractivity contribution in [2.45, 2.75) is 20.3 Å². The molecular formula is C11H10ClIN4. The molecule has 0 saturated carbocycles. The zero-order chi connectivity index (χ0) is 12.4. The van der Waals surface area contributed by atoms with Crippen LogP contribution in [0.15, 0.2) is 12.4 Å². The van der Waals surface area contributed by atoms with E-state index in [1.807, 2.05) is 13.8 Å². The summed E-state index contributed by atoms with van der Waals surface area (Å²) < 4.78 is 0.891. The van der Waals surface area contributed by atoms with Gasteiger partial charge < -0.3 is 0 Å². The average molecular weight is 361 g/mol. The summed E-state index contributed by atoms with van der Waals surface area (Å²) in [7, 11) is 0. The molecule has 2 aromatic rings. The molecule has 0 radical (unpaired) electrons. The molecular weight excluding hydrogens is 351 g/mol. The van der Waals surface area contributed by atoms with Crippen molar-refractivity contribution in [3.05, 3.63) is 32.4 Å². The number of halogens is 2.